The number of nitrogens with one attached hydrogen (secondary N) is 1. The number of hydrogen-bond donors (Lipinski definition) is 1. The fourth-order valence-corrected chi connectivity index (χ4v) is 4.23. The number of benzene rings is 1. The van der Waals surface area contributed by atoms with Gasteiger partial charge in [0.25, 0.3) is 0 Å². The first-order valence-electron chi connectivity index (χ1n) is 8.92. The molecule has 2 unspecified atom stereocenters. The molecular weight excluding hydrogens is 356 g/mol. The Morgan fingerprint density at radius 2 is 2.27 bits per heavy atom. The molecule has 3 rings (SSSR count). The lowest BCUT2D eigenvalue weighted by Gasteiger charge is -2.36. The van der Waals surface area contributed by atoms with E-state index in [0.29, 0.717) is 13.0 Å². The molecule has 1 aromatic carbocycles. The predicted molar refractivity (Wildman–Crippen MR) is 97.6 cm³/mol. The Labute approximate surface area is 156 Å². The van der Waals surface area contributed by atoms with E-state index in [9.17, 15) is 13.6 Å². The number of rotatable bonds is 6. The maximum absolute atomic E-state index is 13.5. The van der Waals surface area contributed by atoms with Gasteiger partial charge in [-0.3, -0.25) is 9.69 Å². The summed E-state index contributed by atoms with van der Waals surface area (Å²) in [7, 11) is 0. The zero-order chi connectivity index (χ0) is 18.5. The number of piperidine rings is 1. The zero-order valence-corrected chi connectivity index (χ0v) is 15.6. The number of carbonyl (C=O) groups excluding carboxylic acids is 1. The maximum Gasteiger partial charge on any atom is 0.220 e. The van der Waals surface area contributed by atoms with Crippen molar-refractivity contribution in [2.24, 2.45) is 5.92 Å². The largest absolute Gasteiger partial charge is 0.347 e. The van der Waals surface area contributed by atoms with Gasteiger partial charge in [0.2, 0.25) is 5.91 Å². The summed E-state index contributed by atoms with van der Waals surface area (Å²) in [6.45, 7) is 4.10. The number of halogens is 2. The van der Waals surface area contributed by atoms with Crippen LogP contribution in [0.2, 0.25) is 0 Å². The molecule has 1 aliphatic rings. The van der Waals surface area contributed by atoms with Gasteiger partial charge < -0.3 is 5.32 Å². The molecule has 1 aromatic heterocycles. The molecule has 2 aromatic rings. The summed E-state index contributed by atoms with van der Waals surface area (Å²) < 4.78 is 26.6. The summed E-state index contributed by atoms with van der Waals surface area (Å²) in [4.78, 5) is 18.6. The molecule has 7 heteroatoms. The van der Waals surface area contributed by atoms with Gasteiger partial charge in [0, 0.05) is 31.1 Å². The quantitative estimate of drug-likeness (QED) is 0.828. The van der Waals surface area contributed by atoms with Crippen LogP contribution in [0.4, 0.5) is 8.78 Å². The third-order valence-electron chi connectivity index (χ3n) is 4.76. The summed E-state index contributed by atoms with van der Waals surface area (Å²) in [5, 5.41) is 5.95. The number of nitrogens with zero attached hydrogens (tertiary/aromatic N) is 2. The maximum atomic E-state index is 13.5. The third-order valence-corrected chi connectivity index (χ3v) is 5.62. The molecule has 1 aliphatic heterocycles. The molecule has 140 valence electrons. The first-order valence-corrected chi connectivity index (χ1v) is 9.79. The van der Waals surface area contributed by atoms with Gasteiger partial charge in [-0.1, -0.05) is 13.0 Å². The molecule has 4 nitrogen and oxygen atoms in total. The van der Waals surface area contributed by atoms with E-state index in [1.54, 1.807) is 23.6 Å². The molecule has 1 N–H and O–H groups in total. The van der Waals surface area contributed by atoms with Gasteiger partial charge in [0.05, 0.1) is 6.04 Å². The van der Waals surface area contributed by atoms with Crippen molar-refractivity contribution in [2.45, 2.75) is 38.8 Å². The lowest BCUT2D eigenvalue weighted by Crippen LogP contribution is -2.42. The smallest absolute Gasteiger partial charge is 0.220 e. The van der Waals surface area contributed by atoms with Crippen molar-refractivity contribution >= 4 is 17.2 Å². The summed E-state index contributed by atoms with van der Waals surface area (Å²) in [6.07, 6.45) is 4.20. The van der Waals surface area contributed by atoms with E-state index in [2.05, 4.69) is 15.2 Å². The highest BCUT2D eigenvalue weighted by Gasteiger charge is 2.31. The van der Waals surface area contributed by atoms with Gasteiger partial charge in [-0.25, -0.2) is 13.8 Å². The molecule has 2 atom stereocenters. The van der Waals surface area contributed by atoms with E-state index in [4.69, 9.17) is 0 Å². The topological polar surface area (TPSA) is 45.2 Å². The molecule has 1 amide bonds. The van der Waals surface area contributed by atoms with Crippen LogP contribution in [-0.2, 0) is 11.3 Å². The Bertz CT molecular complexity index is 738. The van der Waals surface area contributed by atoms with Crippen molar-refractivity contribution in [3.63, 3.8) is 0 Å². The summed E-state index contributed by atoms with van der Waals surface area (Å²) in [5.41, 5.74) is 0.757. The number of amides is 1. The second-order valence-corrected chi connectivity index (χ2v) is 7.58. The van der Waals surface area contributed by atoms with Gasteiger partial charge in [-0.2, -0.15) is 0 Å². The number of carbonyl (C=O) groups is 1. The minimum atomic E-state index is -0.823. The first kappa shape index (κ1) is 18.9. The zero-order valence-electron chi connectivity index (χ0n) is 14.8. The highest BCUT2D eigenvalue weighted by Crippen LogP contribution is 2.31. The van der Waals surface area contributed by atoms with Crippen molar-refractivity contribution < 1.29 is 13.6 Å². The Kier molecular flexibility index (Phi) is 6.32. The van der Waals surface area contributed by atoms with Crippen LogP contribution in [0.15, 0.2) is 29.8 Å². The second kappa shape index (κ2) is 8.68. The average molecular weight is 379 g/mol. The third kappa shape index (κ3) is 4.65. The lowest BCUT2D eigenvalue weighted by molar-refractivity contribution is -0.122. The van der Waals surface area contributed by atoms with Crippen LogP contribution >= 0.6 is 11.3 Å². The van der Waals surface area contributed by atoms with Crippen LogP contribution in [0.25, 0.3) is 0 Å². The number of aromatic nitrogens is 1. The normalized spacial score (nSPS) is 19.3. The van der Waals surface area contributed by atoms with Crippen LogP contribution in [0, 0.1) is 17.6 Å². The molecule has 0 spiro atoms. The monoisotopic (exact) mass is 379 g/mol. The van der Waals surface area contributed by atoms with Gasteiger partial charge in [-0.15, -0.1) is 11.3 Å². The van der Waals surface area contributed by atoms with Crippen LogP contribution in [0.5, 0.6) is 0 Å². The van der Waals surface area contributed by atoms with Crippen molar-refractivity contribution in [3.8, 4) is 0 Å². The van der Waals surface area contributed by atoms with E-state index in [0.717, 1.165) is 36.5 Å². The first-order chi connectivity index (χ1) is 12.6. The van der Waals surface area contributed by atoms with Crippen LogP contribution in [0.3, 0.4) is 0 Å². The standard InChI is InChI=1S/C19H23F2N3OS/c1-2-17(25)23-18(19-22-7-9-26-19)14-4-3-8-24(12-14)11-13-5-6-15(20)16(21)10-13/h5-7,9-10,14,18H,2-4,8,11-12H2,1H3,(H,23,25). The highest BCUT2D eigenvalue weighted by molar-refractivity contribution is 7.09. The molecule has 0 saturated carbocycles. The lowest BCUT2D eigenvalue weighted by atomic mass is 9.90. The Morgan fingerprint density at radius 3 is 2.96 bits per heavy atom. The van der Waals surface area contributed by atoms with E-state index in [-0.39, 0.29) is 17.9 Å². The fraction of sp³-hybridized carbons (Fsp3) is 0.474. The fourth-order valence-electron chi connectivity index (χ4n) is 3.45. The van der Waals surface area contributed by atoms with Crippen LogP contribution < -0.4 is 5.32 Å². The molecule has 2 heterocycles. The van der Waals surface area contributed by atoms with Crippen molar-refractivity contribution in [3.05, 3.63) is 52.0 Å². The SMILES string of the molecule is CCC(=O)NC(c1nccs1)C1CCCN(Cc2ccc(F)c(F)c2)C1. The van der Waals surface area contributed by atoms with E-state index >= 15 is 0 Å². The minimum Gasteiger partial charge on any atom is -0.347 e. The molecule has 26 heavy (non-hydrogen) atoms. The molecule has 0 bridgehead atoms. The minimum absolute atomic E-state index is 0.0166. The van der Waals surface area contributed by atoms with E-state index in [1.165, 1.54) is 12.1 Å². The predicted octanol–water partition coefficient (Wildman–Crippen LogP) is 3.90. The number of hydrogen-bond acceptors (Lipinski definition) is 4. The van der Waals surface area contributed by atoms with Crippen LogP contribution in [0.1, 0.15) is 42.8 Å². The van der Waals surface area contributed by atoms with Crippen LogP contribution in [-0.4, -0.2) is 28.9 Å². The van der Waals surface area contributed by atoms with Gasteiger partial charge in [0.15, 0.2) is 11.6 Å². The van der Waals surface area contributed by atoms with Crippen molar-refractivity contribution in [1.29, 1.82) is 0 Å². The van der Waals surface area contributed by atoms with E-state index < -0.39 is 11.6 Å². The Hall–Kier alpha value is -1.86. The second-order valence-electron chi connectivity index (χ2n) is 6.65. The Balaban J connectivity index is 1.70. The summed E-state index contributed by atoms with van der Waals surface area (Å²) >= 11 is 1.55. The van der Waals surface area contributed by atoms with Gasteiger partial charge in [0.1, 0.15) is 5.01 Å². The van der Waals surface area contributed by atoms with Gasteiger partial charge >= 0.3 is 0 Å². The van der Waals surface area contributed by atoms with E-state index in [1.807, 2.05) is 12.3 Å². The molecular formula is C19H23F2N3OS. The molecule has 0 aliphatic carbocycles. The number of thiazole rings is 1. The average Bonchev–Trinajstić information content (AvgIpc) is 3.17. The summed E-state index contributed by atoms with van der Waals surface area (Å²) in [5.74, 6) is -1.37. The Morgan fingerprint density at radius 1 is 1.42 bits per heavy atom. The molecule has 1 saturated heterocycles. The summed E-state index contributed by atoms with van der Waals surface area (Å²) in [6, 6.07) is 3.96. The molecule has 0 radical (unpaired) electrons. The number of likely N-dealkylation sites (tertiary alicyclic amines) is 1. The van der Waals surface area contributed by atoms with Crippen molar-refractivity contribution in [1.82, 2.24) is 15.2 Å². The highest BCUT2D eigenvalue weighted by atomic mass is 32.1. The van der Waals surface area contributed by atoms with Crippen molar-refractivity contribution in [2.75, 3.05) is 13.1 Å². The van der Waals surface area contributed by atoms with Gasteiger partial charge in [-0.05, 0) is 43.0 Å². The molecule has 1 fully saturated rings.